The van der Waals surface area contributed by atoms with E-state index in [0.717, 1.165) is 62.9 Å². The lowest BCUT2D eigenvalue weighted by Crippen LogP contribution is -2.50. The Hall–Kier alpha value is -3.53. The molecule has 0 aromatic carbocycles. The van der Waals surface area contributed by atoms with Crippen LogP contribution < -0.4 is 10.6 Å². The summed E-state index contributed by atoms with van der Waals surface area (Å²) in [7, 11) is -1.24. The maximum atomic E-state index is 15.7. The zero-order valence-electron chi connectivity index (χ0n) is 31.1. The molecule has 15 heteroatoms. The highest BCUT2D eigenvalue weighted by Crippen LogP contribution is 2.51. The Kier molecular flexibility index (Phi) is 12.2. The van der Waals surface area contributed by atoms with Gasteiger partial charge in [0.25, 0.3) is 5.91 Å². The lowest BCUT2D eigenvalue weighted by Gasteiger charge is -2.27. The first-order valence-corrected chi connectivity index (χ1v) is 22.4. The van der Waals surface area contributed by atoms with Gasteiger partial charge in [0.05, 0.1) is 18.5 Å². The maximum Gasteiger partial charge on any atom is 0.273 e. The first-order chi connectivity index (χ1) is 24.9. The number of aryl methyl sites for hydroxylation is 2. The molecule has 1 unspecified atom stereocenters. The fraction of sp³-hybridized carbons (Fsp3) is 0.649. The summed E-state index contributed by atoms with van der Waals surface area (Å²) in [4.78, 5) is 31.8. The molecule has 0 bridgehead atoms. The number of anilines is 1. The molecular formula is C37H53F2N7O5Si. The molecule has 3 aromatic rings. The van der Waals surface area contributed by atoms with E-state index in [1.807, 2.05) is 13.8 Å². The molecule has 2 atom stereocenters. The van der Waals surface area contributed by atoms with Crippen molar-refractivity contribution in [1.29, 1.82) is 0 Å². The third kappa shape index (κ3) is 9.71. The average Bonchev–Trinajstić information content (AvgIpc) is 4.04. The molecular weight excluding hydrogens is 689 g/mol. The van der Waals surface area contributed by atoms with Crippen LogP contribution in [0, 0.1) is 43.4 Å². The second-order valence-corrected chi connectivity index (χ2v) is 21.3. The van der Waals surface area contributed by atoms with Gasteiger partial charge in [0.15, 0.2) is 17.8 Å². The number of aromatic nitrogens is 5. The van der Waals surface area contributed by atoms with Crippen LogP contribution in [0.2, 0.25) is 25.7 Å². The normalized spacial score (nSPS) is 18.5. The number of halogens is 2. The van der Waals surface area contributed by atoms with E-state index in [9.17, 15) is 9.59 Å². The van der Waals surface area contributed by atoms with Crippen molar-refractivity contribution in [1.82, 2.24) is 29.9 Å². The van der Waals surface area contributed by atoms with Crippen molar-refractivity contribution in [2.45, 2.75) is 117 Å². The average molecular weight is 742 g/mol. The zero-order chi connectivity index (χ0) is 37.0. The molecule has 6 rings (SSSR count). The van der Waals surface area contributed by atoms with E-state index in [2.05, 4.69) is 45.5 Å². The highest BCUT2D eigenvalue weighted by molar-refractivity contribution is 6.76. The summed E-state index contributed by atoms with van der Waals surface area (Å²) >= 11 is 0. The molecule has 0 spiro atoms. The van der Waals surface area contributed by atoms with Crippen molar-refractivity contribution < 1.29 is 32.6 Å². The summed E-state index contributed by atoms with van der Waals surface area (Å²) in [6.45, 7) is 12.8. The maximum absolute atomic E-state index is 15.7. The van der Waals surface area contributed by atoms with E-state index in [4.69, 9.17) is 14.2 Å². The second kappa shape index (κ2) is 16.6. The Bertz CT molecular complexity index is 1700. The molecule has 4 heterocycles. The summed E-state index contributed by atoms with van der Waals surface area (Å²) in [5, 5.41) is 14.3. The second-order valence-electron chi connectivity index (χ2n) is 15.7. The van der Waals surface area contributed by atoms with Crippen molar-refractivity contribution in [3.05, 3.63) is 47.2 Å². The fourth-order valence-corrected chi connectivity index (χ4v) is 7.86. The van der Waals surface area contributed by atoms with E-state index < -0.39 is 37.7 Å². The number of carbonyl (C=O) groups excluding carboxylic acids is 2. The fourth-order valence-electron chi connectivity index (χ4n) is 7.10. The Morgan fingerprint density at radius 1 is 1.04 bits per heavy atom. The molecule has 2 aliphatic carbocycles. The van der Waals surface area contributed by atoms with Crippen LogP contribution in [0.5, 0.6) is 0 Å². The van der Waals surface area contributed by atoms with Gasteiger partial charge < -0.3 is 24.8 Å². The van der Waals surface area contributed by atoms with Gasteiger partial charge in [-0.2, -0.15) is 14.6 Å². The monoisotopic (exact) mass is 741 g/mol. The first-order valence-electron chi connectivity index (χ1n) is 18.7. The predicted octanol–water partition coefficient (Wildman–Crippen LogP) is 6.46. The summed E-state index contributed by atoms with van der Waals surface area (Å²) in [5.74, 6) is -2.33. The quantitative estimate of drug-likeness (QED) is 0.0863. The SMILES string of the molecule is Cc1nn(COCC[Si](C)(C)C)c(C)c1-c1ccc(NC(=O)[C@@H](NC(=O)c2c(F)cnn2CCCOC2CCCCO2)C(C2CC2)C2CC2)nc1F. The standard InChI is InChI=1S/C37H53F2N7O5Si/c1-23-31(24(2)46(44-23)22-49-19-20-52(3,4)5)27-14-15-29(41-35(27)39)42-36(47)33(32(25-10-11-25)26-12-13-26)43-37(48)34-28(38)21-40-45(34)16-8-18-51-30-9-6-7-17-50-30/h14-15,21,25-26,30,32-33H,6-13,16-20,22H2,1-5H3,(H,43,48)(H,41,42,47)/t30?,33-/m0/s1. The Labute approximate surface area is 305 Å². The lowest BCUT2D eigenvalue weighted by atomic mass is 9.88. The minimum Gasteiger partial charge on any atom is -0.360 e. The molecule has 3 aromatic heterocycles. The number of carbonyl (C=O) groups is 2. The molecule has 52 heavy (non-hydrogen) atoms. The van der Waals surface area contributed by atoms with Crippen molar-refractivity contribution in [3.63, 3.8) is 0 Å². The number of hydrogen-bond acceptors (Lipinski definition) is 8. The minimum atomic E-state index is -1.24. The van der Waals surface area contributed by atoms with Gasteiger partial charge >= 0.3 is 0 Å². The highest BCUT2D eigenvalue weighted by Gasteiger charge is 2.48. The van der Waals surface area contributed by atoms with Gasteiger partial charge in [-0.3, -0.25) is 14.3 Å². The van der Waals surface area contributed by atoms with Crippen molar-refractivity contribution in [2.75, 3.05) is 25.1 Å². The van der Waals surface area contributed by atoms with Crippen molar-refractivity contribution in [3.8, 4) is 11.1 Å². The number of pyridine rings is 1. The summed E-state index contributed by atoms with van der Waals surface area (Å²) in [6.07, 6.45) is 7.99. The Morgan fingerprint density at radius 2 is 1.79 bits per heavy atom. The molecule has 3 fully saturated rings. The molecule has 2 saturated carbocycles. The summed E-state index contributed by atoms with van der Waals surface area (Å²) < 4.78 is 51.0. The van der Waals surface area contributed by atoms with E-state index in [1.54, 1.807) is 16.8 Å². The van der Waals surface area contributed by atoms with Crippen LogP contribution in [-0.2, 0) is 32.3 Å². The van der Waals surface area contributed by atoms with Crippen LogP contribution in [-0.4, -0.2) is 76.6 Å². The third-order valence-electron chi connectivity index (χ3n) is 10.2. The van der Waals surface area contributed by atoms with Crippen LogP contribution in [0.3, 0.4) is 0 Å². The highest BCUT2D eigenvalue weighted by atomic mass is 28.3. The van der Waals surface area contributed by atoms with Gasteiger partial charge in [-0.05, 0) is 101 Å². The number of nitrogens with one attached hydrogen (secondary N) is 2. The predicted molar refractivity (Wildman–Crippen MR) is 194 cm³/mol. The summed E-state index contributed by atoms with van der Waals surface area (Å²) in [5.41, 5.74) is 2.04. The molecule has 1 aliphatic heterocycles. The van der Waals surface area contributed by atoms with Crippen LogP contribution in [0.1, 0.15) is 73.2 Å². The molecule has 12 nitrogen and oxygen atoms in total. The zero-order valence-corrected chi connectivity index (χ0v) is 32.1. The minimum absolute atomic E-state index is 0.0198. The van der Waals surface area contributed by atoms with Crippen molar-refractivity contribution in [2.24, 2.45) is 17.8 Å². The number of rotatable bonds is 18. The van der Waals surface area contributed by atoms with Crippen LogP contribution >= 0.6 is 0 Å². The van der Waals surface area contributed by atoms with E-state index >= 15 is 8.78 Å². The molecule has 2 amide bonds. The van der Waals surface area contributed by atoms with Gasteiger partial charge in [-0.1, -0.05) is 19.6 Å². The van der Waals surface area contributed by atoms with Crippen LogP contribution in [0.4, 0.5) is 14.6 Å². The van der Waals surface area contributed by atoms with Crippen molar-refractivity contribution >= 4 is 25.7 Å². The van der Waals surface area contributed by atoms with Gasteiger partial charge in [-0.15, -0.1) is 0 Å². The van der Waals surface area contributed by atoms with Crippen LogP contribution in [0.25, 0.3) is 11.1 Å². The molecule has 1 saturated heterocycles. The van der Waals surface area contributed by atoms with E-state index in [1.165, 1.54) is 4.68 Å². The number of nitrogens with zero attached hydrogens (tertiary/aromatic N) is 5. The smallest absolute Gasteiger partial charge is 0.273 e. The molecule has 284 valence electrons. The lowest BCUT2D eigenvalue weighted by molar-refractivity contribution is -0.163. The van der Waals surface area contributed by atoms with Crippen LogP contribution in [0.15, 0.2) is 18.3 Å². The van der Waals surface area contributed by atoms with E-state index in [0.29, 0.717) is 37.5 Å². The van der Waals surface area contributed by atoms with Gasteiger partial charge in [-0.25, -0.2) is 14.1 Å². The first kappa shape index (κ1) is 38.2. The van der Waals surface area contributed by atoms with Gasteiger partial charge in [0.1, 0.15) is 18.6 Å². The molecule has 3 aliphatic rings. The Balaban J connectivity index is 1.13. The molecule has 2 N–H and O–H groups in total. The topological polar surface area (TPSA) is 134 Å². The molecule has 0 radical (unpaired) electrons. The number of amides is 2. The number of ether oxygens (including phenoxy) is 3. The van der Waals surface area contributed by atoms with Gasteiger partial charge in [0, 0.05) is 44.7 Å². The Morgan fingerprint density at radius 3 is 2.44 bits per heavy atom. The largest absolute Gasteiger partial charge is 0.360 e. The summed E-state index contributed by atoms with van der Waals surface area (Å²) in [6, 6.07) is 3.20. The van der Waals surface area contributed by atoms with E-state index in [-0.39, 0.29) is 54.4 Å². The van der Waals surface area contributed by atoms with Gasteiger partial charge in [0.2, 0.25) is 11.9 Å². The third-order valence-corrected chi connectivity index (χ3v) is 11.9. The number of hydrogen-bond donors (Lipinski definition) is 2.